The zero-order chi connectivity index (χ0) is 19.3. The van der Waals surface area contributed by atoms with Crippen molar-refractivity contribution in [3.63, 3.8) is 0 Å². The van der Waals surface area contributed by atoms with Gasteiger partial charge in [-0.25, -0.2) is 0 Å². The van der Waals surface area contributed by atoms with Crippen molar-refractivity contribution in [2.24, 2.45) is 33.5 Å². The lowest BCUT2D eigenvalue weighted by atomic mass is 9.59. The molecule has 0 aromatic heterocycles. The van der Waals surface area contributed by atoms with Gasteiger partial charge < -0.3 is 0 Å². The van der Waals surface area contributed by atoms with Crippen LogP contribution in [0.2, 0.25) is 0 Å². The molecular weight excluding hydrogens is 308 g/mol. The molecule has 0 aromatic carbocycles. The first-order valence-corrected chi connectivity index (χ1v) is 10.2. The number of carbonyl (C=O) groups is 2. The van der Waals surface area contributed by atoms with Crippen molar-refractivity contribution in [1.82, 2.24) is 0 Å². The predicted molar refractivity (Wildman–Crippen MR) is 104 cm³/mol. The van der Waals surface area contributed by atoms with Crippen LogP contribution >= 0.6 is 0 Å². The molecule has 0 unspecified atom stereocenters. The average molecular weight is 349 g/mol. The highest BCUT2D eigenvalue weighted by Crippen LogP contribution is 2.50. The Hall–Kier alpha value is -0.660. The first-order valence-electron chi connectivity index (χ1n) is 10.2. The zero-order valence-electron chi connectivity index (χ0n) is 17.9. The quantitative estimate of drug-likeness (QED) is 0.565. The van der Waals surface area contributed by atoms with Crippen LogP contribution in [-0.2, 0) is 9.59 Å². The Labute approximate surface area is 155 Å². The maximum Gasteiger partial charge on any atom is 0.143 e. The Morgan fingerprint density at radius 2 is 0.840 bits per heavy atom. The second-order valence-electron chi connectivity index (χ2n) is 12.3. The second-order valence-corrected chi connectivity index (χ2v) is 12.3. The van der Waals surface area contributed by atoms with Gasteiger partial charge in [0.2, 0.25) is 0 Å². The predicted octanol–water partition coefficient (Wildman–Crippen LogP) is 6.22. The normalized spacial score (nSPS) is 28.5. The molecule has 0 N–H and O–H groups in total. The highest BCUT2D eigenvalue weighted by molar-refractivity contribution is 6.01. The van der Waals surface area contributed by atoms with Gasteiger partial charge >= 0.3 is 0 Å². The maximum atomic E-state index is 12.9. The van der Waals surface area contributed by atoms with Crippen molar-refractivity contribution in [3.05, 3.63) is 0 Å². The average Bonchev–Trinajstić information content (AvgIpc) is 2.30. The first-order chi connectivity index (χ1) is 11.1. The van der Waals surface area contributed by atoms with E-state index in [1.54, 1.807) is 0 Å². The molecule has 0 spiro atoms. The van der Waals surface area contributed by atoms with E-state index in [9.17, 15) is 9.59 Å². The van der Waals surface area contributed by atoms with E-state index in [2.05, 4.69) is 55.4 Å². The summed E-state index contributed by atoms with van der Waals surface area (Å²) in [6, 6.07) is 0. The van der Waals surface area contributed by atoms with Gasteiger partial charge in [0.05, 0.1) is 6.42 Å². The van der Waals surface area contributed by atoms with Crippen molar-refractivity contribution in [2.75, 3.05) is 0 Å². The Balaban J connectivity index is 2.03. The lowest BCUT2D eigenvalue weighted by Crippen LogP contribution is -2.40. The van der Waals surface area contributed by atoms with Crippen molar-refractivity contribution in [1.29, 1.82) is 0 Å². The Morgan fingerprint density at radius 1 is 0.600 bits per heavy atom. The molecule has 144 valence electrons. The fourth-order valence-corrected chi connectivity index (χ4v) is 6.61. The standard InChI is InChI=1S/C23H40O2/c1-20(2)10-16(11-21(3,4)14-20)18(24)9-19(25)17-12-22(5,6)15-23(7,8)13-17/h16-17H,9-15H2,1-8H3. The number of hydrogen-bond acceptors (Lipinski definition) is 2. The molecule has 2 heteroatoms. The molecule has 0 radical (unpaired) electrons. The lowest BCUT2D eigenvalue weighted by Gasteiger charge is -2.45. The van der Waals surface area contributed by atoms with Crippen molar-refractivity contribution >= 4 is 11.6 Å². The molecule has 2 rings (SSSR count). The van der Waals surface area contributed by atoms with E-state index in [0.29, 0.717) is 0 Å². The summed E-state index contributed by atoms with van der Waals surface area (Å²) < 4.78 is 0. The van der Waals surface area contributed by atoms with Crippen LogP contribution in [0.4, 0.5) is 0 Å². The van der Waals surface area contributed by atoms with Crippen LogP contribution in [0.1, 0.15) is 100 Å². The number of ketones is 2. The third kappa shape index (κ3) is 5.66. The molecule has 0 amide bonds. The summed E-state index contributed by atoms with van der Waals surface area (Å²) >= 11 is 0. The lowest BCUT2D eigenvalue weighted by molar-refractivity contribution is -0.136. The van der Waals surface area contributed by atoms with Crippen molar-refractivity contribution in [2.45, 2.75) is 100 Å². The Kier molecular flexibility index (Phi) is 5.37. The van der Waals surface area contributed by atoms with Gasteiger partial charge in [0.25, 0.3) is 0 Å². The molecule has 2 nitrogen and oxygen atoms in total. The summed E-state index contributed by atoms with van der Waals surface area (Å²) in [5, 5.41) is 0. The molecule has 0 bridgehead atoms. The van der Waals surface area contributed by atoms with Crippen LogP contribution in [0, 0.1) is 33.5 Å². The van der Waals surface area contributed by atoms with Gasteiger partial charge in [-0.15, -0.1) is 0 Å². The van der Waals surface area contributed by atoms with Crippen LogP contribution in [0.25, 0.3) is 0 Å². The molecule has 2 aliphatic carbocycles. The highest BCUT2D eigenvalue weighted by atomic mass is 16.1. The van der Waals surface area contributed by atoms with E-state index in [1.807, 2.05) is 0 Å². The molecule has 2 fully saturated rings. The number of hydrogen-bond donors (Lipinski definition) is 0. The molecule has 0 aromatic rings. The maximum absolute atomic E-state index is 12.9. The fraction of sp³-hybridized carbons (Fsp3) is 0.913. The van der Waals surface area contributed by atoms with Gasteiger partial charge in [0.1, 0.15) is 11.6 Å². The van der Waals surface area contributed by atoms with Crippen LogP contribution in [0.15, 0.2) is 0 Å². The fourth-order valence-electron chi connectivity index (χ4n) is 6.61. The van der Waals surface area contributed by atoms with Crippen LogP contribution < -0.4 is 0 Å². The van der Waals surface area contributed by atoms with Gasteiger partial charge in [0, 0.05) is 11.8 Å². The minimum atomic E-state index is 0.0623. The highest BCUT2D eigenvalue weighted by Gasteiger charge is 2.44. The first kappa shape index (κ1) is 20.6. The van der Waals surface area contributed by atoms with E-state index in [0.717, 1.165) is 38.5 Å². The molecular formula is C23H40O2. The summed E-state index contributed by atoms with van der Waals surface area (Å²) in [5.41, 5.74) is 0.778. The van der Waals surface area contributed by atoms with Crippen LogP contribution in [-0.4, -0.2) is 11.6 Å². The van der Waals surface area contributed by atoms with Crippen LogP contribution in [0.5, 0.6) is 0 Å². The van der Waals surface area contributed by atoms with Crippen LogP contribution in [0.3, 0.4) is 0 Å². The molecule has 0 heterocycles. The molecule has 2 aliphatic rings. The van der Waals surface area contributed by atoms with E-state index in [4.69, 9.17) is 0 Å². The SMILES string of the molecule is CC1(C)CC(C(=O)CC(=O)C2CC(C)(C)CC(C)(C)C2)CC(C)(C)C1. The van der Waals surface area contributed by atoms with E-state index in [1.165, 1.54) is 0 Å². The molecule has 0 atom stereocenters. The Bertz CT molecular complexity index is 456. The van der Waals surface area contributed by atoms with E-state index in [-0.39, 0.29) is 51.5 Å². The number of rotatable bonds is 4. The third-order valence-electron chi connectivity index (χ3n) is 6.37. The van der Waals surface area contributed by atoms with E-state index < -0.39 is 0 Å². The minimum Gasteiger partial charge on any atom is -0.299 e. The van der Waals surface area contributed by atoms with Gasteiger partial charge in [-0.05, 0) is 60.2 Å². The monoisotopic (exact) mass is 348 g/mol. The number of Topliss-reactive ketones (excluding diaryl/α,β-unsaturated/α-hetero) is 2. The molecule has 25 heavy (non-hydrogen) atoms. The molecule has 2 saturated carbocycles. The van der Waals surface area contributed by atoms with Gasteiger partial charge in [-0.3, -0.25) is 9.59 Å². The summed E-state index contributed by atoms with van der Waals surface area (Å²) in [4.78, 5) is 25.9. The van der Waals surface area contributed by atoms with Gasteiger partial charge in [-0.2, -0.15) is 0 Å². The summed E-state index contributed by atoms with van der Waals surface area (Å²) in [6.45, 7) is 18.1. The van der Waals surface area contributed by atoms with Crippen molar-refractivity contribution in [3.8, 4) is 0 Å². The van der Waals surface area contributed by atoms with Gasteiger partial charge in [0.15, 0.2) is 0 Å². The Morgan fingerprint density at radius 3 is 1.08 bits per heavy atom. The third-order valence-corrected chi connectivity index (χ3v) is 6.37. The topological polar surface area (TPSA) is 34.1 Å². The largest absolute Gasteiger partial charge is 0.299 e. The zero-order valence-corrected chi connectivity index (χ0v) is 17.9. The number of carbonyl (C=O) groups excluding carboxylic acids is 2. The van der Waals surface area contributed by atoms with E-state index >= 15 is 0 Å². The second kappa shape index (κ2) is 6.50. The van der Waals surface area contributed by atoms with Gasteiger partial charge in [-0.1, -0.05) is 55.4 Å². The minimum absolute atomic E-state index is 0.0623. The van der Waals surface area contributed by atoms with Crippen molar-refractivity contribution < 1.29 is 9.59 Å². The molecule has 0 saturated heterocycles. The molecule has 0 aliphatic heterocycles. The smallest absolute Gasteiger partial charge is 0.143 e. The summed E-state index contributed by atoms with van der Waals surface area (Å²) in [6.07, 6.45) is 6.21. The summed E-state index contributed by atoms with van der Waals surface area (Å²) in [5.74, 6) is 0.527. The summed E-state index contributed by atoms with van der Waals surface area (Å²) in [7, 11) is 0.